The average Bonchev–Trinajstić information content (AvgIpc) is 3.00. The van der Waals surface area contributed by atoms with Crippen LogP contribution in [0.1, 0.15) is 6.92 Å². The lowest BCUT2D eigenvalue weighted by molar-refractivity contribution is -0.370. The van der Waals surface area contributed by atoms with Crippen LogP contribution in [0.15, 0.2) is 0 Å². The molecule has 4 heterocycles. The minimum Gasteiger partial charge on any atom is -0.394 e. The van der Waals surface area contributed by atoms with Crippen molar-refractivity contribution in [3.63, 3.8) is 0 Å². The fourth-order valence-corrected chi connectivity index (χ4v) is 5.38. The van der Waals surface area contributed by atoms with Gasteiger partial charge in [-0.05, 0) is 6.92 Å². The zero-order valence-electron chi connectivity index (χ0n) is 23.3. The highest BCUT2D eigenvalue weighted by atomic mass is 16.8. The fraction of sp³-hybridized carbons (Fsp3) is 1.00. The molecule has 4 saturated heterocycles. The van der Waals surface area contributed by atoms with Crippen LogP contribution in [-0.4, -0.2) is 209 Å². The number of hydrogen-bond acceptors (Lipinski definition) is 20. The van der Waals surface area contributed by atoms with Gasteiger partial charge in [-0.1, -0.05) is 0 Å². The van der Waals surface area contributed by atoms with Crippen LogP contribution < -0.4 is 0 Å². The van der Waals surface area contributed by atoms with Crippen LogP contribution in [0.2, 0.25) is 0 Å². The van der Waals surface area contributed by atoms with Gasteiger partial charge >= 0.3 is 0 Å². The van der Waals surface area contributed by atoms with E-state index in [4.69, 9.17) is 33.2 Å². The fourth-order valence-electron chi connectivity index (χ4n) is 5.38. The van der Waals surface area contributed by atoms with Crippen LogP contribution >= 0.6 is 0 Å². The second-order valence-electron chi connectivity index (χ2n) is 11.2. The molecule has 3 unspecified atom stereocenters. The van der Waals surface area contributed by atoms with Crippen LogP contribution in [0.25, 0.3) is 0 Å². The number of hydrogen-bond donors (Lipinski definition) is 13. The van der Waals surface area contributed by atoms with E-state index in [1.165, 1.54) is 6.92 Å². The standard InChI is InChI=1S/C24H42O20/c1-5-9(27)20(18(36)21(37)39-5)44-24-16(34)13(31)11(29)8(42-24)4-38-22-17(35)14(32)19(7(3-26)41-22)43-23-15(33)12(30)10(28)6(2-25)40-23/h5-37H,2-4H2,1H3/t5-,6-,7-,8-,9+,10-,11-,12+,13+,14-,15-,16-,17-,18-,19-,20+,21?,22?,23?,24+/m1/s1. The normalized spacial score (nSPS) is 53.9. The third-order valence-electron chi connectivity index (χ3n) is 8.15. The summed E-state index contributed by atoms with van der Waals surface area (Å²) >= 11 is 0. The maximum atomic E-state index is 10.8. The highest BCUT2D eigenvalue weighted by molar-refractivity contribution is 4.96. The Morgan fingerprint density at radius 3 is 1.50 bits per heavy atom. The van der Waals surface area contributed by atoms with Crippen molar-refractivity contribution in [2.75, 3.05) is 19.8 Å². The predicted molar refractivity (Wildman–Crippen MR) is 132 cm³/mol. The Morgan fingerprint density at radius 2 is 0.932 bits per heavy atom. The van der Waals surface area contributed by atoms with Gasteiger partial charge in [0.05, 0.1) is 25.9 Å². The molecule has 0 aromatic rings. The summed E-state index contributed by atoms with van der Waals surface area (Å²) in [5, 5.41) is 132. The third-order valence-corrected chi connectivity index (χ3v) is 8.15. The van der Waals surface area contributed by atoms with Gasteiger partial charge in [-0.3, -0.25) is 0 Å². The first-order chi connectivity index (χ1) is 20.7. The second-order valence-corrected chi connectivity index (χ2v) is 11.2. The molecule has 0 aliphatic carbocycles. The summed E-state index contributed by atoms with van der Waals surface area (Å²) in [6.45, 7) is -0.907. The molecule has 258 valence electrons. The topological polar surface area (TPSA) is 328 Å². The Hall–Kier alpha value is -0.800. The van der Waals surface area contributed by atoms with Gasteiger partial charge in [-0.15, -0.1) is 0 Å². The van der Waals surface area contributed by atoms with E-state index in [-0.39, 0.29) is 0 Å². The molecule has 20 heteroatoms. The first-order valence-electron chi connectivity index (χ1n) is 14.0. The van der Waals surface area contributed by atoms with Crippen molar-refractivity contribution in [1.82, 2.24) is 0 Å². The molecule has 0 radical (unpaired) electrons. The molecule has 0 saturated carbocycles. The van der Waals surface area contributed by atoms with Crippen LogP contribution in [-0.2, 0) is 33.2 Å². The van der Waals surface area contributed by atoms with E-state index in [0.717, 1.165) is 0 Å². The van der Waals surface area contributed by atoms with Crippen molar-refractivity contribution in [3.8, 4) is 0 Å². The van der Waals surface area contributed by atoms with Gasteiger partial charge in [0, 0.05) is 0 Å². The average molecular weight is 651 g/mol. The molecule has 4 fully saturated rings. The minimum absolute atomic E-state index is 0.687. The Bertz CT molecular complexity index is 884. The SMILES string of the molecule is C[C@H]1OC(O)[C@H](O)[C@@H](O[C@@H]2O[C@H](COC3O[C@H](CO)[C@@H](OC4O[C@H](CO)[C@@H](O)[C@H](O)[C@H]4O)[C@H](O)[C@H]3O)[C@@H](O)[C@H](O)[C@H]2O)[C@H]1O. The van der Waals surface area contributed by atoms with E-state index >= 15 is 0 Å². The van der Waals surface area contributed by atoms with Crippen LogP contribution in [0, 0.1) is 0 Å². The maximum absolute atomic E-state index is 10.8. The largest absolute Gasteiger partial charge is 0.394 e. The van der Waals surface area contributed by atoms with Gasteiger partial charge in [0.15, 0.2) is 25.2 Å². The summed E-state index contributed by atoms with van der Waals surface area (Å²) in [6.07, 6.45) is -33.5. The number of rotatable bonds is 9. The summed E-state index contributed by atoms with van der Waals surface area (Å²) in [5.74, 6) is 0. The van der Waals surface area contributed by atoms with Gasteiger partial charge in [-0.25, -0.2) is 0 Å². The molecule has 0 spiro atoms. The van der Waals surface area contributed by atoms with E-state index < -0.39 is 143 Å². The first-order valence-corrected chi connectivity index (χ1v) is 14.0. The smallest absolute Gasteiger partial charge is 0.187 e. The van der Waals surface area contributed by atoms with Crippen LogP contribution in [0.5, 0.6) is 0 Å². The van der Waals surface area contributed by atoms with E-state index in [9.17, 15) is 66.4 Å². The summed E-state index contributed by atoms with van der Waals surface area (Å²) < 4.78 is 37.6. The summed E-state index contributed by atoms with van der Waals surface area (Å²) in [6, 6.07) is 0. The molecule has 0 aromatic heterocycles. The third kappa shape index (κ3) is 7.19. The van der Waals surface area contributed by atoms with E-state index in [1.807, 2.05) is 0 Å². The summed E-state index contributed by atoms with van der Waals surface area (Å²) in [5.41, 5.74) is 0. The molecule has 0 bridgehead atoms. The van der Waals surface area contributed by atoms with Gasteiger partial charge in [0.1, 0.15) is 91.6 Å². The Labute approximate surface area is 249 Å². The van der Waals surface area contributed by atoms with Crippen LogP contribution in [0.4, 0.5) is 0 Å². The lowest BCUT2D eigenvalue weighted by atomic mass is 9.96. The molecule has 4 aliphatic heterocycles. The molecule has 4 rings (SSSR count). The van der Waals surface area contributed by atoms with Crippen molar-refractivity contribution in [1.29, 1.82) is 0 Å². The van der Waals surface area contributed by atoms with Gasteiger partial charge in [0.25, 0.3) is 0 Å². The number of ether oxygens (including phenoxy) is 7. The van der Waals surface area contributed by atoms with E-state index in [2.05, 4.69) is 0 Å². The van der Waals surface area contributed by atoms with Crippen molar-refractivity contribution < 1.29 is 99.5 Å². The molecule has 0 aromatic carbocycles. The molecular formula is C24H42O20. The van der Waals surface area contributed by atoms with Crippen molar-refractivity contribution in [2.24, 2.45) is 0 Å². The van der Waals surface area contributed by atoms with Crippen molar-refractivity contribution >= 4 is 0 Å². The van der Waals surface area contributed by atoms with Gasteiger partial charge < -0.3 is 99.5 Å². The molecular weight excluding hydrogens is 608 g/mol. The quantitative estimate of drug-likeness (QED) is 0.110. The van der Waals surface area contributed by atoms with E-state index in [1.54, 1.807) is 0 Å². The molecule has 0 amide bonds. The Kier molecular flexibility index (Phi) is 12.3. The maximum Gasteiger partial charge on any atom is 0.187 e. The number of aliphatic hydroxyl groups excluding tert-OH is 13. The highest BCUT2D eigenvalue weighted by Gasteiger charge is 2.53. The molecule has 13 N–H and O–H groups in total. The molecule has 20 atom stereocenters. The monoisotopic (exact) mass is 650 g/mol. The summed E-state index contributed by atoms with van der Waals surface area (Å²) in [4.78, 5) is 0. The zero-order chi connectivity index (χ0) is 32.6. The van der Waals surface area contributed by atoms with E-state index in [0.29, 0.717) is 0 Å². The van der Waals surface area contributed by atoms with Gasteiger partial charge in [0.2, 0.25) is 0 Å². The molecule has 44 heavy (non-hydrogen) atoms. The second kappa shape index (κ2) is 15.0. The lowest BCUT2D eigenvalue weighted by Crippen LogP contribution is -2.65. The zero-order valence-corrected chi connectivity index (χ0v) is 23.3. The summed E-state index contributed by atoms with van der Waals surface area (Å²) in [7, 11) is 0. The highest BCUT2D eigenvalue weighted by Crippen LogP contribution is 2.32. The number of aliphatic hydroxyl groups is 13. The van der Waals surface area contributed by atoms with Gasteiger partial charge in [-0.2, -0.15) is 0 Å². The van der Waals surface area contributed by atoms with Crippen molar-refractivity contribution in [3.05, 3.63) is 0 Å². The van der Waals surface area contributed by atoms with Crippen LogP contribution in [0.3, 0.4) is 0 Å². The minimum atomic E-state index is -1.91. The molecule has 4 aliphatic rings. The molecule has 20 nitrogen and oxygen atoms in total. The Balaban J connectivity index is 1.39. The Morgan fingerprint density at radius 1 is 0.455 bits per heavy atom. The van der Waals surface area contributed by atoms with Crippen molar-refractivity contribution in [2.45, 2.75) is 130 Å². The predicted octanol–water partition coefficient (Wildman–Crippen LogP) is -8.72. The first kappa shape index (κ1) is 36.0. The lowest BCUT2D eigenvalue weighted by Gasteiger charge is -2.47.